The molecular weight excluding hydrogens is 326 g/mol. The molecule has 0 aliphatic carbocycles. The van der Waals surface area contributed by atoms with E-state index >= 15 is 0 Å². The second kappa shape index (κ2) is 9.44. The number of aryl methyl sites for hydroxylation is 1. The Bertz CT molecular complexity index is 641. The minimum atomic E-state index is -0.0661. The van der Waals surface area contributed by atoms with Gasteiger partial charge in [0.25, 0.3) is 5.91 Å². The lowest BCUT2D eigenvalue weighted by Crippen LogP contribution is -2.25. The molecule has 0 unspecified atom stereocenters. The molecule has 0 aliphatic heterocycles. The molecule has 1 heterocycles. The first-order valence-electron chi connectivity index (χ1n) is 7.96. The molecule has 0 spiro atoms. The molecule has 0 bridgehead atoms. The summed E-state index contributed by atoms with van der Waals surface area (Å²) >= 11 is 1.59. The molecule has 0 atom stereocenters. The number of thioether (sulfide) groups is 1. The molecule has 1 aromatic carbocycles. The summed E-state index contributed by atoms with van der Waals surface area (Å²) in [5.74, 6) is 1.78. The number of benzene rings is 1. The first kappa shape index (κ1) is 18.5. The first-order chi connectivity index (χ1) is 11.5. The molecule has 130 valence electrons. The zero-order chi connectivity index (χ0) is 17.4. The van der Waals surface area contributed by atoms with Crippen molar-refractivity contribution in [1.29, 1.82) is 0 Å². The van der Waals surface area contributed by atoms with E-state index in [1.54, 1.807) is 18.7 Å². The Morgan fingerprint density at radius 1 is 1.33 bits per heavy atom. The molecule has 1 amide bonds. The van der Waals surface area contributed by atoms with Crippen LogP contribution in [-0.2, 0) is 10.5 Å². The predicted octanol–water partition coefficient (Wildman–Crippen LogP) is 3.22. The molecular formula is C17H23N3O3S. The van der Waals surface area contributed by atoms with Gasteiger partial charge in [0.05, 0.1) is 11.9 Å². The van der Waals surface area contributed by atoms with Gasteiger partial charge in [-0.3, -0.25) is 4.79 Å². The number of carbonyl (C=O) groups is 1. The van der Waals surface area contributed by atoms with Crippen LogP contribution < -0.4 is 5.32 Å². The Morgan fingerprint density at radius 2 is 2.08 bits per heavy atom. The maximum atomic E-state index is 12.0. The number of aromatic nitrogens is 2. The van der Waals surface area contributed by atoms with Crippen LogP contribution in [0.2, 0.25) is 0 Å². The topological polar surface area (TPSA) is 77.2 Å². The number of ether oxygens (including phenoxy) is 1. The van der Waals surface area contributed by atoms with Gasteiger partial charge in [-0.25, -0.2) is 0 Å². The average Bonchev–Trinajstić information content (AvgIpc) is 2.98. The maximum absolute atomic E-state index is 12.0. The molecule has 24 heavy (non-hydrogen) atoms. The third-order valence-corrected chi connectivity index (χ3v) is 4.10. The summed E-state index contributed by atoms with van der Waals surface area (Å²) in [6.45, 7) is 7.05. The Morgan fingerprint density at radius 3 is 2.71 bits per heavy atom. The van der Waals surface area contributed by atoms with Crippen LogP contribution in [0.15, 0.2) is 33.7 Å². The van der Waals surface area contributed by atoms with E-state index < -0.39 is 0 Å². The second-order valence-corrected chi connectivity index (χ2v) is 6.63. The van der Waals surface area contributed by atoms with Crippen molar-refractivity contribution in [2.45, 2.75) is 43.9 Å². The van der Waals surface area contributed by atoms with Crippen LogP contribution in [0.1, 0.15) is 42.3 Å². The summed E-state index contributed by atoms with van der Waals surface area (Å²) in [5, 5.41) is 6.65. The lowest BCUT2D eigenvalue weighted by Gasteiger charge is -2.08. The summed E-state index contributed by atoms with van der Waals surface area (Å²) in [7, 11) is 0. The molecule has 2 aromatic rings. The number of nitrogens with zero attached hydrogens (tertiary/aromatic N) is 2. The van der Waals surface area contributed by atoms with Crippen LogP contribution in [0.5, 0.6) is 0 Å². The fourth-order valence-corrected chi connectivity index (χ4v) is 2.68. The summed E-state index contributed by atoms with van der Waals surface area (Å²) in [4.78, 5) is 17.3. The molecule has 0 fully saturated rings. The van der Waals surface area contributed by atoms with Crippen molar-refractivity contribution in [3.63, 3.8) is 0 Å². The average molecular weight is 349 g/mol. The van der Waals surface area contributed by atoms with E-state index in [4.69, 9.17) is 9.26 Å². The van der Waals surface area contributed by atoms with Crippen LogP contribution >= 0.6 is 11.8 Å². The zero-order valence-corrected chi connectivity index (χ0v) is 15.1. The number of amides is 1. The van der Waals surface area contributed by atoms with E-state index in [1.807, 2.05) is 38.1 Å². The van der Waals surface area contributed by atoms with Gasteiger partial charge < -0.3 is 14.6 Å². The zero-order valence-electron chi connectivity index (χ0n) is 14.2. The van der Waals surface area contributed by atoms with Crippen LogP contribution in [0.25, 0.3) is 0 Å². The molecule has 1 aromatic heterocycles. The Hall–Kier alpha value is -1.86. The van der Waals surface area contributed by atoms with E-state index in [0.717, 1.165) is 11.3 Å². The molecule has 0 saturated heterocycles. The standard InChI is InChI=1S/C17H23N3O3S/c1-12(2)22-10-4-9-18-17(21)14-5-7-15(8-6-14)24-11-16-19-13(3)20-23-16/h5-8,12H,4,9-11H2,1-3H3,(H,18,21). The lowest BCUT2D eigenvalue weighted by molar-refractivity contribution is 0.0757. The molecule has 7 heteroatoms. The van der Waals surface area contributed by atoms with Gasteiger partial charge in [0.15, 0.2) is 5.82 Å². The smallest absolute Gasteiger partial charge is 0.251 e. The lowest BCUT2D eigenvalue weighted by atomic mass is 10.2. The molecule has 1 N–H and O–H groups in total. The number of nitrogens with one attached hydrogen (secondary N) is 1. The molecule has 0 saturated carbocycles. The van der Waals surface area contributed by atoms with E-state index in [-0.39, 0.29) is 12.0 Å². The highest BCUT2D eigenvalue weighted by atomic mass is 32.2. The first-order valence-corrected chi connectivity index (χ1v) is 8.95. The highest BCUT2D eigenvalue weighted by Gasteiger charge is 2.07. The van der Waals surface area contributed by atoms with Gasteiger partial charge in [-0.2, -0.15) is 4.98 Å². The monoisotopic (exact) mass is 349 g/mol. The number of carbonyl (C=O) groups excluding carboxylic acids is 1. The van der Waals surface area contributed by atoms with Crippen molar-refractivity contribution >= 4 is 17.7 Å². The third kappa shape index (κ3) is 6.33. The van der Waals surface area contributed by atoms with E-state index in [0.29, 0.717) is 36.2 Å². The largest absolute Gasteiger partial charge is 0.379 e. The number of rotatable bonds is 9. The maximum Gasteiger partial charge on any atom is 0.251 e. The minimum absolute atomic E-state index is 0.0661. The van der Waals surface area contributed by atoms with Crippen LogP contribution in [0.3, 0.4) is 0 Å². The Kier molecular flexibility index (Phi) is 7.27. The van der Waals surface area contributed by atoms with Crippen LogP contribution in [0.4, 0.5) is 0 Å². The van der Waals surface area contributed by atoms with Crippen molar-refractivity contribution < 1.29 is 14.1 Å². The Labute approximate surface area is 146 Å². The summed E-state index contributed by atoms with van der Waals surface area (Å²) < 4.78 is 10.5. The van der Waals surface area contributed by atoms with Gasteiger partial charge in [-0.05, 0) is 51.5 Å². The Balaban J connectivity index is 1.73. The fraction of sp³-hybridized carbons (Fsp3) is 0.471. The van der Waals surface area contributed by atoms with Crippen molar-refractivity contribution in [2.24, 2.45) is 0 Å². The SMILES string of the molecule is Cc1noc(CSc2ccc(C(=O)NCCCOC(C)C)cc2)n1. The van der Waals surface area contributed by atoms with Gasteiger partial charge in [0.2, 0.25) is 5.89 Å². The van der Waals surface area contributed by atoms with Gasteiger partial charge in [-0.15, -0.1) is 11.8 Å². The van der Waals surface area contributed by atoms with Gasteiger partial charge >= 0.3 is 0 Å². The highest BCUT2D eigenvalue weighted by Crippen LogP contribution is 2.22. The highest BCUT2D eigenvalue weighted by molar-refractivity contribution is 7.98. The van der Waals surface area contributed by atoms with E-state index in [2.05, 4.69) is 15.5 Å². The van der Waals surface area contributed by atoms with Crippen LogP contribution in [0, 0.1) is 6.92 Å². The van der Waals surface area contributed by atoms with Gasteiger partial charge in [0, 0.05) is 23.6 Å². The second-order valence-electron chi connectivity index (χ2n) is 5.58. The normalized spacial score (nSPS) is 11.0. The van der Waals surface area contributed by atoms with Gasteiger partial charge in [-0.1, -0.05) is 5.16 Å². The summed E-state index contributed by atoms with van der Waals surface area (Å²) in [6, 6.07) is 7.48. The quantitative estimate of drug-likeness (QED) is 0.553. The van der Waals surface area contributed by atoms with Gasteiger partial charge in [0.1, 0.15) is 0 Å². The number of hydrogen-bond donors (Lipinski definition) is 1. The number of hydrogen-bond acceptors (Lipinski definition) is 6. The molecule has 2 rings (SSSR count). The van der Waals surface area contributed by atoms with E-state index in [1.165, 1.54) is 0 Å². The minimum Gasteiger partial charge on any atom is -0.379 e. The van der Waals surface area contributed by atoms with Crippen molar-refractivity contribution in [3.8, 4) is 0 Å². The summed E-state index contributed by atoms with van der Waals surface area (Å²) in [5.41, 5.74) is 0.651. The molecule has 0 radical (unpaired) electrons. The predicted molar refractivity (Wildman–Crippen MR) is 93.1 cm³/mol. The van der Waals surface area contributed by atoms with E-state index in [9.17, 15) is 4.79 Å². The van der Waals surface area contributed by atoms with Crippen molar-refractivity contribution in [3.05, 3.63) is 41.5 Å². The van der Waals surface area contributed by atoms with Crippen molar-refractivity contribution in [1.82, 2.24) is 15.5 Å². The van der Waals surface area contributed by atoms with Crippen LogP contribution in [-0.4, -0.2) is 35.3 Å². The third-order valence-electron chi connectivity index (χ3n) is 3.11. The molecule has 6 nitrogen and oxygen atoms in total. The van der Waals surface area contributed by atoms with Crippen molar-refractivity contribution in [2.75, 3.05) is 13.2 Å². The fourth-order valence-electron chi connectivity index (χ4n) is 1.94. The summed E-state index contributed by atoms with van der Waals surface area (Å²) in [6.07, 6.45) is 1.03. The molecule has 0 aliphatic rings.